The quantitative estimate of drug-likeness (QED) is 0.700. The Balaban J connectivity index is 1.59. The molecule has 0 unspecified atom stereocenters. The number of hydrogen-bond acceptors (Lipinski definition) is 4. The molecule has 1 heterocycles. The van der Waals surface area contributed by atoms with Gasteiger partial charge in [-0.1, -0.05) is 23.7 Å². The molecule has 0 aliphatic heterocycles. The van der Waals surface area contributed by atoms with Crippen molar-refractivity contribution < 1.29 is 0 Å². The molecule has 5 nitrogen and oxygen atoms in total. The highest BCUT2D eigenvalue weighted by atomic mass is 35.5. The van der Waals surface area contributed by atoms with Crippen LogP contribution in [-0.4, -0.2) is 14.8 Å². The van der Waals surface area contributed by atoms with Crippen LogP contribution in [0.4, 0.5) is 11.4 Å². The zero-order valence-corrected chi connectivity index (χ0v) is 13.1. The molecule has 0 aliphatic carbocycles. The molecule has 3 rings (SSSR count). The number of nitrogen functional groups attached to an aromatic ring is 1. The molecule has 0 saturated carbocycles. The van der Waals surface area contributed by atoms with Crippen LogP contribution in [0.2, 0.25) is 5.02 Å². The molecule has 3 N–H and O–H groups in total. The number of halogens is 1. The second-order valence-corrected chi connectivity index (χ2v) is 5.41. The molecule has 116 valence electrons. The first kappa shape index (κ1) is 15.1. The first-order valence-electron chi connectivity index (χ1n) is 7.13. The molecule has 1 aromatic heterocycles. The highest BCUT2D eigenvalue weighted by Gasteiger charge is 2.03. The fourth-order valence-corrected chi connectivity index (χ4v) is 2.23. The first-order valence-corrected chi connectivity index (χ1v) is 7.51. The van der Waals surface area contributed by atoms with Gasteiger partial charge in [0.15, 0.2) is 5.82 Å². The molecule has 0 amide bonds. The molecular weight excluding hydrogens is 310 g/mol. The van der Waals surface area contributed by atoms with Crippen LogP contribution in [0.15, 0.2) is 67.1 Å². The van der Waals surface area contributed by atoms with E-state index in [1.165, 1.54) is 0 Å². The van der Waals surface area contributed by atoms with Gasteiger partial charge in [-0.15, -0.1) is 0 Å². The molecule has 2 aromatic carbocycles. The number of nitrogens with two attached hydrogens (primary N) is 1. The van der Waals surface area contributed by atoms with Gasteiger partial charge in [-0.25, -0.2) is 9.67 Å². The third-order valence-electron chi connectivity index (χ3n) is 3.19. The standard InChI is InChI=1S/C17H16ClN5/c18-14-4-1-3-13(11-14)17-21-12-23(22-17)10-2-9-20-16-7-5-15(19)6-8-16/h1-9,11-12,20H,10,19H2/b9-2+. The normalized spacial score (nSPS) is 11.0. The summed E-state index contributed by atoms with van der Waals surface area (Å²) in [6, 6.07) is 15.0. The number of allylic oxidation sites excluding steroid dienone is 1. The van der Waals surface area contributed by atoms with Gasteiger partial charge in [0.05, 0.1) is 6.54 Å². The highest BCUT2D eigenvalue weighted by Crippen LogP contribution is 2.18. The second-order valence-electron chi connectivity index (χ2n) is 4.97. The van der Waals surface area contributed by atoms with E-state index in [2.05, 4.69) is 15.4 Å². The van der Waals surface area contributed by atoms with Gasteiger partial charge in [0.25, 0.3) is 0 Å². The van der Waals surface area contributed by atoms with Gasteiger partial charge in [0.1, 0.15) is 6.33 Å². The predicted molar refractivity (Wildman–Crippen MR) is 94.1 cm³/mol. The lowest BCUT2D eigenvalue weighted by Crippen LogP contribution is -1.97. The first-order chi connectivity index (χ1) is 11.2. The maximum atomic E-state index is 5.98. The lowest BCUT2D eigenvalue weighted by Gasteiger charge is -2.00. The summed E-state index contributed by atoms with van der Waals surface area (Å²) >= 11 is 5.98. The van der Waals surface area contributed by atoms with Crippen LogP contribution in [-0.2, 0) is 6.54 Å². The second kappa shape index (κ2) is 6.98. The van der Waals surface area contributed by atoms with Crippen molar-refractivity contribution in [3.8, 4) is 11.4 Å². The van der Waals surface area contributed by atoms with Gasteiger partial charge in [0.2, 0.25) is 0 Å². The summed E-state index contributed by atoms with van der Waals surface area (Å²) in [6.45, 7) is 0.621. The van der Waals surface area contributed by atoms with Crippen LogP contribution in [0.3, 0.4) is 0 Å². The van der Waals surface area contributed by atoms with Gasteiger partial charge >= 0.3 is 0 Å². The number of anilines is 2. The Morgan fingerprint density at radius 3 is 2.78 bits per heavy atom. The van der Waals surface area contributed by atoms with E-state index in [1.54, 1.807) is 11.0 Å². The summed E-state index contributed by atoms with van der Waals surface area (Å²) in [7, 11) is 0. The lowest BCUT2D eigenvalue weighted by molar-refractivity contribution is 0.701. The number of nitrogens with one attached hydrogen (secondary N) is 1. The monoisotopic (exact) mass is 325 g/mol. The number of aromatic nitrogens is 3. The highest BCUT2D eigenvalue weighted by molar-refractivity contribution is 6.30. The van der Waals surface area contributed by atoms with E-state index in [-0.39, 0.29) is 0 Å². The molecule has 0 bridgehead atoms. The molecule has 0 spiro atoms. The molecule has 6 heteroatoms. The third-order valence-corrected chi connectivity index (χ3v) is 3.43. The maximum Gasteiger partial charge on any atom is 0.181 e. The molecule has 0 radical (unpaired) electrons. The summed E-state index contributed by atoms with van der Waals surface area (Å²) in [4.78, 5) is 4.30. The Morgan fingerprint density at radius 1 is 1.17 bits per heavy atom. The summed E-state index contributed by atoms with van der Waals surface area (Å²) in [6.07, 6.45) is 5.53. The van der Waals surface area contributed by atoms with Crippen LogP contribution in [0.1, 0.15) is 0 Å². The maximum absolute atomic E-state index is 5.98. The Labute approximate surface area is 139 Å². The molecule has 0 atom stereocenters. The van der Waals surface area contributed by atoms with Crippen molar-refractivity contribution in [1.29, 1.82) is 0 Å². The van der Waals surface area contributed by atoms with Gasteiger partial charge in [-0.3, -0.25) is 0 Å². The molecular formula is C17H16ClN5. The van der Waals surface area contributed by atoms with Crippen LogP contribution in [0.25, 0.3) is 11.4 Å². The van der Waals surface area contributed by atoms with Crippen LogP contribution in [0.5, 0.6) is 0 Å². The van der Waals surface area contributed by atoms with Crippen molar-refractivity contribution >= 4 is 23.0 Å². The molecule has 0 fully saturated rings. The average molecular weight is 326 g/mol. The minimum atomic E-state index is 0.621. The van der Waals surface area contributed by atoms with Crippen molar-refractivity contribution in [2.24, 2.45) is 0 Å². The smallest absolute Gasteiger partial charge is 0.181 e. The molecule has 0 aliphatic rings. The summed E-state index contributed by atoms with van der Waals surface area (Å²) < 4.78 is 1.76. The van der Waals surface area contributed by atoms with Gasteiger partial charge < -0.3 is 11.1 Å². The van der Waals surface area contributed by atoms with E-state index in [4.69, 9.17) is 17.3 Å². The molecule has 23 heavy (non-hydrogen) atoms. The summed E-state index contributed by atoms with van der Waals surface area (Å²) in [5.74, 6) is 0.660. The van der Waals surface area contributed by atoms with Crippen molar-refractivity contribution in [2.45, 2.75) is 6.54 Å². The third kappa shape index (κ3) is 4.11. The van der Waals surface area contributed by atoms with Crippen molar-refractivity contribution in [1.82, 2.24) is 14.8 Å². The lowest BCUT2D eigenvalue weighted by atomic mass is 10.2. The van der Waals surface area contributed by atoms with E-state index in [1.807, 2.05) is 60.8 Å². The van der Waals surface area contributed by atoms with E-state index in [9.17, 15) is 0 Å². The summed E-state index contributed by atoms with van der Waals surface area (Å²) in [5.41, 5.74) is 8.27. The Hall–Kier alpha value is -2.79. The van der Waals surface area contributed by atoms with Gasteiger partial charge in [-0.05, 0) is 48.7 Å². The predicted octanol–water partition coefficient (Wildman–Crippen LogP) is 3.81. The van der Waals surface area contributed by atoms with Crippen LogP contribution >= 0.6 is 11.6 Å². The minimum Gasteiger partial charge on any atom is -0.399 e. The SMILES string of the molecule is Nc1ccc(N/C=C/Cn2cnc(-c3cccc(Cl)c3)n2)cc1. The molecule has 0 saturated heterocycles. The summed E-state index contributed by atoms with van der Waals surface area (Å²) in [5, 5.41) is 8.27. The Kier molecular flexibility index (Phi) is 4.59. The van der Waals surface area contributed by atoms with E-state index >= 15 is 0 Å². The average Bonchev–Trinajstić information content (AvgIpc) is 3.02. The largest absolute Gasteiger partial charge is 0.399 e. The van der Waals surface area contributed by atoms with Gasteiger partial charge in [0, 0.05) is 22.0 Å². The fraction of sp³-hybridized carbons (Fsp3) is 0.0588. The van der Waals surface area contributed by atoms with Crippen LogP contribution < -0.4 is 11.1 Å². The van der Waals surface area contributed by atoms with Gasteiger partial charge in [-0.2, -0.15) is 5.10 Å². The number of nitrogens with zero attached hydrogens (tertiary/aromatic N) is 3. The van der Waals surface area contributed by atoms with Crippen molar-refractivity contribution in [3.63, 3.8) is 0 Å². The molecule has 3 aromatic rings. The van der Waals surface area contributed by atoms with Crippen LogP contribution in [0, 0.1) is 0 Å². The zero-order chi connectivity index (χ0) is 16.1. The van der Waals surface area contributed by atoms with Crippen molar-refractivity contribution in [3.05, 3.63) is 72.2 Å². The topological polar surface area (TPSA) is 68.8 Å². The zero-order valence-electron chi connectivity index (χ0n) is 12.4. The van der Waals surface area contributed by atoms with Crippen molar-refractivity contribution in [2.75, 3.05) is 11.1 Å². The van der Waals surface area contributed by atoms with E-state index in [0.29, 0.717) is 17.4 Å². The number of rotatable bonds is 5. The fourth-order valence-electron chi connectivity index (χ4n) is 2.04. The Bertz CT molecular complexity index is 808. The minimum absolute atomic E-state index is 0.621. The van der Waals surface area contributed by atoms with E-state index < -0.39 is 0 Å². The van der Waals surface area contributed by atoms with E-state index in [0.717, 1.165) is 16.9 Å². The number of hydrogen-bond donors (Lipinski definition) is 2. The Morgan fingerprint density at radius 2 is 2.00 bits per heavy atom. The number of benzene rings is 2.